The van der Waals surface area contributed by atoms with Gasteiger partial charge in [0.2, 0.25) is 0 Å². The molecule has 1 aromatic heterocycles. The second-order valence-corrected chi connectivity index (χ2v) is 4.86. The fraction of sp³-hybridized carbons (Fsp3) is 0.250. The van der Waals surface area contributed by atoms with E-state index in [2.05, 4.69) is 26.2 Å². The molecule has 0 fully saturated rings. The third kappa shape index (κ3) is 3.87. The highest BCUT2D eigenvalue weighted by Crippen LogP contribution is 2.22. The SMILES string of the molecule is O=[N+]([O-])c1ccc(CNCCn2ccnc2)c(Br)c1. The van der Waals surface area contributed by atoms with Crippen molar-refractivity contribution in [3.63, 3.8) is 0 Å². The van der Waals surface area contributed by atoms with E-state index in [1.54, 1.807) is 18.6 Å². The van der Waals surface area contributed by atoms with Crippen LogP contribution >= 0.6 is 15.9 Å². The zero-order valence-corrected chi connectivity index (χ0v) is 11.7. The van der Waals surface area contributed by atoms with Gasteiger partial charge in [0.1, 0.15) is 0 Å². The van der Waals surface area contributed by atoms with Crippen molar-refractivity contribution >= 4 is 21.6 Å². The maximum absolute atomic E-state index is 10.6. The number of hydrogen-bond donors (Lipinski definition) is 1. The highest BCUT2D eigenvalue weighted by atomic mass is 79.9. The van der Waals surface area contributed by atoms with Gasteiger partial charge in [-0.25, -0.2) is 4.98 Å². The average Bonchev–Trinajstić information content (AvgIpc) is 2.89. The molecule has 2 aromatic rings. The number of nitrogens with one attached hydrogen (secondary N) is 1. The molecule has 0 saturated heterocycles. The summed E-state index contributed by atoms with van der Waals surface area (Å²) < 4.78 is 2.73. The van der Waals surface area contributed by atoms with Gasteiger partial charge in [0.15, 0.2) is 0 Å². The van der Waals surface area contributed by atoms with Crippen molar-refractivity contribution in [1.82, 2.24) is 14.9 Å². The van der Waals surface area contributed by atoms with Crippen molar-refractivity contribution in [2.24, 2.45) is 0 Å². The second kappa shape index (κ2) is 6.44. The predicted molar refractivity (Wildman–Crippen MR) is 74.7 cm³/mol. The van der Waals surface area contributed by atoms with E-state index in [9.17, 15) is 10.1 Å². The fourth-order valence-corrected chi connectivity index (χ4v) is 2.15. The van der Waals surface area contributed by atoms with Crippen LogP contribution in [-0.2, 0) is 13.1 Å². The predicted octanol–water partition coefficient (Wildman–Crippen LogP) is 2.34. The maximum atomic E-state index is 10.6. The summed E-state index contributed by atoms with van der Waals surface area (Å²) >= 11 is 3.35. The van der Waals surface area contributed by atoms with Crippen LogP contribution in [0, 0.1) is 10.1 Å². The molecule has 0 unspecified atom stereocenters. The molecule has 0 aliphatic heterocycles. The van der Waals surface area contributed by atoms with Gasteiger partial charge in [-0.2, -0.15) is 0 Å². The smallest absolute Gasteiger partial charge is 0.270 e. The number of aromatic nitrogens is 2. The average molecular weight is 325 g/mol. The number of hydrogen-bond acceptors (Lipinski definition) is 4. The van der Waals surface area contributed by atoms with E-state index >= 15 is 0 Å². The standard InChI is InChI=1S/C12H13BrN4O2/c13-12-7-11(17(18)19)2-1-10(12)8-14-3-5-16-6-4-15-9-16/h1-2,4,6-7,9,14H,3,5,8H2. The molecule has 0 bridgehead atoms. The normalized spacial score (nSPS) is 10.6. The number of non-ortho nitro benzene ring substituents is 1. The van der Waals surface area contributed by atoms with Crippen LogP contribution in [0.25, 0.3) is 0 Å². The molecule has 1 heterocycles. The summed E-state index contributed by atoms with van der Waals surface area (Å²) in [6, 6.07) is 4.79. The summed E-state index contributed by atoms with van der Waals surface area (Å²) in [7, 11) is 0. The van der Waals surface area contributed by atoms with Crippen LogP contribution in [0.3, 0.4) is 0 Å². The summed E-state index contributed by atoms with van der Waals surface area (Å²) in [5, 5.41) is 13.9. The highest BCUT2D eigenvalue weighted by Gasteiger charge is 2.08. The first-order valence-corrected chi connectivity index (χ1v) is 6.55. The molecule has 0 spiro atoms. The van der Waals surface area contributed by atoms with Crippen molar-refractivity contribution in [3.05, 3.63) is 57.1 Å². The minimum absolute atomic E-state index is 0.0917. The first-order valence-electron chi connectivity index (χ1n) is 5.76. The van der Waals surface area contributed by atoms with E-state index in [0.29, 0.717) is 6.54 Å². The topological polar surface area (TPSA) is 73.0 Å². The molecule has 19 heavy (non-hydrogen) atoms. The van der Waals surface area contributed by atoms with Crippen LogP contribution in [0.2, 0.25) is 0 Å². The Hall–Kier alpha value is -1.73. The number of benzene rings is 1. The zero-order chi connectivity index (χ0) is 13.7. The van der Waals surface area contributed by atoms with Crippen LogP contribution in [0.5, 0.6) is 0 Å². The third-order valence-electron chi connectivity index (χ3n) is 2.67. The summed E-state index contributed by atoms with van der Waals surface area (Å²) in [6.07, 6.45) is 5.42. The zero-order valence-electron chi connectivity index (χ0n) is 10.1. The van der Waals surface area contributed by atoms with Crippen molar-refractivity contribution in [2.45, 2.75) is 13.1 Å². The summed E-state index contributed by atoms with van der Waals surface area (Å²) in [4.78, 5) is 14.2. The first kappa shape index (κ1) is 13.7. The van der Waals surface area contributed by atoms with Crippen molar-refractivity contribution in [3.8, 4) is 0 Å². The van der Waals surface area contributed by atoms with Gasteiger partial charge in [0, 0.05) is 48.6 Å². The molecule has 1 aromatic carbocycles. The van der Waals surface area contributed by atoms with Crippen molar-refractivity contribution < 1.29 is 4.92 Å². The Kier molecular flexibility index (Phi) is 4.64. The van der Waals surface area contributed by atoms with E-state index < -0.39 is 4.92 Å². The van der Waals surface area contributed by atoms with Gasteiger partial charge < -0.3 is 9.88 Å². The lowest BCUT2D eigenvalue weighted by molar-refractivity contribution is -0.384. The molecule has 0 aliphatic carbocycles. The second-order valence-electron chi connectivity index (χ2n) is 4.01. The minimum Gasteiger partial charge on any atom is -0.336 e. The van der Waals surface area contributed by atoms with Gasteiger partial charge in [0.05, 0.1) is 11.3 Å². The largest absolute Gasteiger partial charge is 0.336 e. The molecular formula is C12H13BrN4O2. The number of nitro benzene ring substituents is 1. The molecule has 0 saturated carbocycles. The van der Waals surface area contributed by atoms with Crippen LogP contribution in [-0.4, -0.2) is 21.0 Å². The fourth-order valence-electron chi connectivity index (χ4n) is 1.64. The van der Waals surface area contributed by atoms with Gasteiger partial charge in [-0.05, 0) is 11.6 Å². The van der Waals surface area contributed by atoms with Crippen LogP contribution in [0.4, 0.5) is 5.69 Å². The molecule has 2 rings (SSSR count). The summed E-state index contributed by atoms with van der Waals surface area (Å²) in [6.45, 7) is 2.30. The van der Waals surface area contributed by atoms with Crippen LogP contribution in [0.1, 0.15) is 5.56 Å². The molecular weight excluding hydrogens is 312 g/mol. The molecule has 1 N–H and O–H groups in total. The highest BCUT2D eigenvalue weighted by molar-refractivity contribution is 9.10. The Morgan fingerprint density at radius 3 is 2.95 bits per heavy atom. The molecule has 0 atom stereocenters. The van der Waals surface area contributed by atoms with Crippen LogP contribution in [0.15, 0.2) is 41.4 Å². The van der Waals surface area contributed by atoms with Gasteiger partial charge in [-0.1, -0.05) is 15.9 Å². The van der Waals surface area contributed by atoms with E-state index in [1.165, 1.54) is 12.1 Å². The van der Waals surface area contributed by atoms with Gasteiger partial charge >= 0.3 is 0 Å². The van der Waals surface area contributed by atoms with Gasteiger partial charge in [-0.15, -0.1) is 0 Å². The van der Waals surface area contributed by atoms with E-state index in [4.69, 9.17) is 0 Å². The lowest BCUT2D eigenvalue weighted by Crippen LogP contribution is -2.19. The third-order valence-corrected chi connectivity index (χ3v) is 3.41. The lowest BCUT2D eigenvalue weighted by Gasteiger charge is -2.07. The van der Waals surface area contributed by atoms with E-state index in [0.717, 1.165) is 23.1 Å². The monoisotopic (exact) mass is 324 g/mol. The van der Waals surface area contributed by atoms with Gasteiger partial charge in [0.25, 0.3) is 5.69 Å². The minimum atomic E-state index is -0.402. The Balaban J connectivity index is 1.84. The molecule has 6 nitrogen and oxygen atoms in total. The van der Waals surface area contributed by atoms with Gasteiger partial charge in [-0.3, -0.25) is 10.1 Å². The number of nitrogens with zero attached hydrogens (tertiary/aromatic N) is 3. The molecule has 0 radical (unpaired) electrons. The van der Waals surface area contributed by atoms with Crippen LogP contribution < -0.4 is 5.32 Å². The van der Waals surface area contributed by atoms with Crippen molar-refractivity contribution in [2.75, 3.05) is 6.54 Å². The number of rotatable bonds is 6. The number of imidazole rings is 1. The Labute approximate surface area is 118 Å². The Morgan fingerprint density at radius 2 is 2.32 bits per heavy atom. The van der Waals surface area contributed by atoms with Crippen molar-refractivity contribution in [1.29, 1.82) is 0 Å². The quantitative estimate of drug-likeness (QED) is 0.503. The van der Waals surface area contributed by atoms with E-state index in [1.807, 2.05) is 10.8 Å². The maximum Gasteiger partial charge on any atom is 0.270 e. The number of halogens is 1. The first-order chi connectivity index (χ1) is 9.16. The lowest BCUT2D eigenvalue weighted by atomic mass is 10.2. The molecule has 100 valence electrons. The molecule has 0 aliphatic rings. The van der Waals surface area contributed by atoms with E-state index in [-0.39, 0.29) is 5.69 Å². The summed E-state index contributed by atoms with van der Waals surface area (Å²) in [5.74, 6) is 0. The molecule has 7 heteroatoms. The Morgan fingerprint density at radius 1 is 1.47 bits per heavy atom. The molecule has 0 amide bonds. The Bertz CT molecular complexity index is 557. The number of nitro groups is 1. The summed E-state index contributed by atoms with van der Waals surface area (Å²) in [5.41, 5.74) is 1.09.